The average molecular weight is 327 g/mol. The summed E-state index contributed by atoms with van der Waals surface area (Å²) in [6.45, 7) is 3.85. The second-order valence-corrected chi connectivity index (χ2v) is 6.42. The van der Waals surface area contributed by atoms with Crippen LogP contribution in [0.25, 0.3) is 10.9 Å². The molecule has 2 aliphatic heterocycles. The van der Waals surface area contributed by atoms with Crippen LogP contribution in [0.4, 0.5) is 5.69 Å². The van der Waals surface area contributed by atoms with E-state index >= 15 is 0 Å². The van der Waals surface area contributed by atoms with Gasteiger partial charge in [0.25, 0.3) is 0 Å². The summed E-state index contributed by atoms with van der Waals surface area (Å²) in [6.07, 6.45) is 0.889. The molecule has 1 aromatic heterocycles. The third-order valence-electron chi connectivity index (χ3n) is 4.90. The Hall–Kier alpha value is -2.41. The van der Waals surface area contributed by atoms with Gasteiger partial charge in [-0.15, -0.1) is 0 Å². The Bertz CT molecular complexity index is 807. The van der Waals surface area contributed by atoms with Gasteiger partial charge in [0.05, 0.1) is 22.8 Å². The van der Waals surface area contributed by atoms with Crippen molar-refractivity contribution in [1.29, 1.82) is 0 Å². The van der Waals surface area contributed by atoms with Crippen LogP contribution in [-0.2, 0) is 16.6 Å². The van der Waals surface area contributed by atoms with Crippen LogP contribution in [0, 0.1) is 0 Å². The highest BCUT2D eigenvalue weighted by atomic mass is 16.2. The van der Waals surface area contributed by atoms with Crippen molar-refractivity contribution in [3.63, 3.8) is 0 Å². The standard InChI is InChI=1S/C17H21N5O2/c1-21-16-11(3-2-4-13(16)22-9-7-18-8-10-22)15(20-21)12-5-6-14(23)19-17(12)24/h2-4,12,18H,5-10H2,1H3,(H,19,23,24). The predicted octanol–water partition coefficient (Wildman–Crippen LogP) is 0.503. The van der Waals surface area contributed by atoms with Crippen LogP contribution in [-0.4, -0.2) is 47.8 Å². The Morgan fingerprint density at radius 3 is 2.75 bits per heavy atom. The number of piperazine rings is 1. The van der Waals surface area contributed by atoms with Crippen LogP contribution in [0.3, 0.4) is 0 Å². The molecule has 0 saturated carbocycles. The zero-order valence-corrected chi connectivity index (χ0v) is 13.7. The number of hydrogen-bond donors (Lipinski definition) is 2. The molecule has 7 heteroatoms. The monoisotopic (exact) mass is 327 g/mol. The number of nitrogens with one attached hydrogen (secondary N) is 2. The van der Waals surface area contributed by atoms with Crippen molar-refractivity contribution in [1.82, 2.24) is 20.4 Å². The number of aromatic nitrogens is 2. The minimum Gasteiger partial charge on any atom is -0.367 e. The topological polar surface area (TPSA) is 79.3 Å². The summed E-state index contributed by atoms with van der Waals surface area (Å²) >= 11 is 0. The summed E-state index contributed by atoms with van der Waals surface area (Å²) in [5.41, 5.74) is 2.98. The Morgan fingerprint density at radius 2 is 2.00 bits per heavy atom. The first-order chi connectivity index (χ1) is 11.6. The summed E-state index contributed by atoms with van der Waals surface area (Å²) in [7, 11) is 1.92. The number of carbonyl (C=O) groups excluding carboxylic acids is 2. The van der Waals surface area contributed by atoms with Gasteiger partial charge in [0.15, 0.2) is 0 Å². The lowest BCUT2D eigenvalue weighted by Gasteiger charge is -2.30. The number of anilines is 1. The van der Waals surface area contributed by atoms with Crippen molar-refractivity contribution >= 4 is 28.4 Å². The van der Waals surface area contributed by atoms with Gasteiger partial charge in [-0.2, -0.15) is 5.10 Å². The quantitative estimate of drug-likeness (QED) is 0.786. The van der Waals surface area contributed by atoms with Crippen molar-refractivity contribution in [2.24, 2.45) is 7.05 Å². The van der Waals surface area contributed by atoms with E-state index in [2.05, 4.69) is 26.7 Å². The number of aryl methyl sites for hydroxylation is 1. The fourth-order valence-corrected chi connectivity index (χ4v) is 3.72. The van der Waals surface area contributed by atoms with Gasteiger partial charge in [-0.3, -0.25) is 19.6 Å². The maximum atomic E-state index is 12.2. The van der Waals surface area contributed by atoms with Gasteiger partial charge in [-0.25, -0.2) is 0 Å². The number of imide groups is 1. The number of rotatable bonds is 2. The highest BCUT2D eigenvalue weighted by molar-refractivity contribution is 6.03. The number of fused-ring (bicyclic) bond motifs is 1. The highest BCUT2D eigenvalue weighted by Crippen LogP contribution is 2.34. The molecule has 4 rings (SSSR count). The fraction of sp³-hybridized carbons (Fsp3) is 0.471. The number of amides is 2. The van der Waals surface area contributed by atoms with Crippen LogP contribution in [0.1, 0.15) is 24.5 Å². The maximum Gasteiger partial charge on any atom is 0.235 e. The Kier molecular flexibility index (Phi) is 3.72. The van der Waals surface area contributed by atoms with Crippen LogP contribution in [0.5, 0.6) is 0 Å². The van der Waals surface area contributed by atoms with Crippen molar-refractivity contribution < 1.29 is 9.59 Å². The first-order valence-corrected chi connectivity index (χ1v) is 8.40. The molecular formula is C17H21N5O2. The van der Waals surface area contributed by atoms with Gasteiger partial charge in [-0.05, 0) is 12.5 Å². The second kappa shape index (κ2) is 5.90. The molecule has 2 fully saturated rings. The van der Waals surface area contributed by atoms with Crippen LogP contribution in [0.2, 0.25) is 0 Å². The first-order valence-electron chi connectivity index (χ1n) is 8.40. The SMILES string of the molecule is Cn1nc(C2CCC(=O)NC2=O)c2cccc(N3CCNCC3)c21. The Morgan fingerprint density at radius 1 is 1.21 bits per heavy atom. The van der Waals surface area contributed by atoms with Crippen molar-refractivity contribution in [3.8, 4) is 0 Å². The van der Waals surface area contributed by atoms with E-state index in [4.69, 9.17) is 0 Å². The maximum absolute atomic E-state index is 12.2. The number of carbonyl (C=O) groups is 2. The molecule has 2 aromatic rings. The van der Waals surface area contributed by atoms with Gasteiger partial charge in [-0.1, -0.05) is 12.1 Å². The zero-order chi connectivity index (χ0) is 16.7. The lowest BCUT2D eigenvalue weighted by atomic mass is 9.92. The van der Waals surface area contributed by atoms with Gasteiger partial charge in [0.2, 0.25) is 11.8 Å². The first kappa shape index (κ1) is 15.1. The minimum absolute atomic E-state index is 0.196. The molecule has 2 N–H and O–H groups in total. The molecule has 2 amide bonds. The van der Waals surface area contributed by atoms with E-state index in [9.17, 15) is 9.59 Å². The third kappa shape index (κ3) is 2.45. The summed E-state index contributed by atoms with van der Waals surface area (Å²) in [6, 6.07) is 6.16. The molecule has 0 aliphatic carbocycles. The number of piperidine rings is 1. The summed E-state index contributed by atoms with van der Waals surface area (Å²) in [5, 5.41) is 11.4. The van der Waals surface area contributed by atoms with Crippen LogP contribution < -0.4 is 15.5 Å². The molecule has 0 radical (unpaired) electrons. The van der Waals surface area contributed by atoms with Gasteiger partial charge in [0.1, 0.15) is 0 Å². The molecular weight excluding hydrogens is 306 g/mol. The third-order valence-corrected chi connectivity index (χ3v) is 4.90. The Labute approximate surface area is 140 Å². The molecule has 1 unspecified atom stereocenters. The number of benzene rings is 1. The zero-order valence-electron chi connectivity index (χ0n) is 13.7. The fourth-order valence-electron chi connectivity index (χ4n) is 3.72. The van der Waals surface area contributed by atoms with Crippen molar-refractivity contribution in [2.75, 3.05) is 31.1 Å². The van der Waals surface area contributed by atoms with E-state index in [1.54, 1.807) is 0 Å². The molecule has 2 saturated heterocycles. The molecule has 1 aromatic carbocycles. The predicted molar refractivity (Wildman–Crippen MR) is 90.9 cm³/mol. The van der Waals surface area contributed by atoms with E-state index in [1.165, 1.54) is 0 Å². The Balaban J connectivity index is 1.78. The molecule has 0 bridgehead atoms. The molecule has 0 spiro atoms. The molecule has 3 heterocycles. The van der Waals surface area contributed by atoms with Gasteiger partial charge in [0, 0.05) is 45.0 Å². The molecule has 2 aliphatic rings. The normalized spacial score (nSPS) is 22.0. The van der Waals surface area contributed by atoms with Crippen LogP contribution in [0.15, 0.2) is 18.2 Å². The highest BCUT2D eigenvalue weighted by Gasteiger charge is 2.32. The van der Waals surface area contributed by atoms with Crippen molar-refractivity contribution in [2.45, 2.75) is 18.8 Å². The van der Waals surface area contributed by atoms with E-state index in [-0.39, 0.29) is 17.7 Å². The lowest BCUT2D eigenvalue weighted by molar-refractivity contribution is -0.134. The van der Waals surface area contributed by atoms with E-state index in [0.29, 0.717) is 12.8 Å². The minimum atomic E-state index is -0.357. The van der Waals surface area contributed by atoms with Gasteiger partial charge >= 0.3 is 0 Å². The molecule has 126 valence electrons. The summed E-state index contributed by atoms with van der Waals surface area (Å²) in [5.74, 6) is -0.790. The largest absolute Gasteiger partial charge is 0.367 e. The number of para-hydroxylation sites is 1. The molecule has 24 heavy (non-hydrogen) atoms. The van der Waals surface area contributed by atoms with E-state index < -0.39 is 0 Å². The lowest BCUT2D eigenvalue weighted by Crippen LogP contribution is -2.43. The molecule has 1 atom stereocenters. The van der Waals surface area contributed by atoms with Gasteiger partial charge < -0.3 is 10.2 Å². The summed E-state index contributed by atoms with van der Waals surface area (Å²) in [4.78, 5) is 26.0. The number of nitrogens with zero attached hydrogens (tertiary/aromatic N) is 3. The average Bonchev–Trinajstić information content (AvgIpc) is 2.93. The smallest absolute Gasteiger partial charge is 0.235 e. The van der Waals surface area contributed by atoms with Crippen LogP contribution >= 0.6 is 0 Å². The number of hydrogen-bond acceptors (Lipinski definition) is 5. The van der Waals surface area contributed by atoms with E-state index in [0.717, 1.165) is 48.5 Å². The van der Waals surface area contributed by atoms with Crippen molar-refractivity contribution in [3.05, 3.63) is 23.9 Å². The second-order valence-electron chi connectivity index (χ2n) is 6.42. The van der Waals surface area contributed by atoms with E-state index in [1.807, 2.05) is 23.9 Å². The molecule has 7 nitrogen and oxygen atoms in total. The summed E-state index contributed by atoms with van der Waals surface area (Å²) < 4.78 is 1.87.